The summed E-state index contributed by atoms with van der Waals surface area (Å²) in [6, 6.07) is 7.00. The Hall–Kier alpha value is -2.61. The number of hydrogen-bond donors (Lipinski definition) is 0. The molecule has 0 saturated carbocycles. The molecule has 3 rings (SSSR count). The van der Waals surface area contributed by atoms with Crippen LogP contribution in [0.3, 0.4) is 0 Å². The van der Waals surface area contributed by atoms with Gasteiger partial charge in [-0.1, -0.05) is 17.3 Å². The van der Waals surface area contributed by atoms with Gasteiger partial charge in [-0.25, -0.2) is 0 Å². The minimum atomic E-state index is -0.254. The van der Waals surface area contributed by atoms with Gasteiger partial charge in [0.05, 0.1) is 19.4 Å². The van der Waals surface area contributed by atoms with Crippen LogP contribution >= 0.6 is 0 Å². The molecule has 25 heavy (non-hydrogen) atoms. The number of carbonyl (C=O) groups is 1. The van der Waals surface area contributed by atoms with Crippen molar-refractivity contribution in [2.45, 2.75) is 12.5 Å². The number of methoxy groups -OCH3 is 2. The number of rotatable bonds is 6. The van der Waals surface area contributed by atoms with Crippen LogP contribution in [-0.4, -0.2) is 59.8 Å². The average molecular weight is 346 g/mol. The van der Waals surface area contributed by atoms with Crippen LogP contribution in [0, 0.1) is 0 Å². The number of ether oxygens (including phenoxy) is 3. The number of nitrogens with zero attached hydrogens (tertiary/aromatic N) is 4. The SMILES string of the molecule is COC[C@@H]1c2nnn(C)c2CCN1C(=O)COc1ccccc1OC. The van der Waals surface area contributed by atoms with Crippen LogP contribution in [-0.2, 0) is 23.0 Å². The van der Waals surface area contributed by atoms with Gasteiger partial charge in [-0.15, -0.1) is 5.10 Å². The largest absolute Gasteiger partial charge is 0.493 e. The number of amides is 1. The normalized spacial score (nSPS) is 16.4. The van der Waals surface area contributed by atoms with E-state index in [2.05, 4.69) is 10.3 Å². The van der Waals surface area contributed by atoms with Gasteiger partial charge in [-0.05, 0) is 12.1 Å². The third kappa shape index (κ3) is 3.43. The van der Waals surface area contributed by atoms with Crippen molar-refractivity contribution < 1.29 is 19.0 Å². The molecule has 8 nitrogen and oxygen atoms in total. The van der Waals surface area contributed by atoms with Crippen LogP contribution in [0.4, 0.5) is 0 Å². The van der Waals surface area contributed by atoms with Gasteiger partial charge in [-0.3, -0.25) is 9.48 Å². The van der Waals surface area contributed by atoms with E-state index in [4.69, 9.17) is 14.2 Å². The minimum absolute atomic E-state index is 0.0732. The summed E-state index contributed by atoms with van der Waals surface area (Å²) in [5.41, 5.74) is 1.83. The predicted molar refractivity (Wildman–Crippen MR) is 89.5 cm³/mol. The molecule has 0 aliphatic carbocycles. The summed E-state index contributed by atoms with van der Waals surface area (Å²) in [6.07, 6.45) is 0.708. The zero-order valence-corrected chi connectivity index (χ0v) is 14.6. The number of aromatic nitrogens is 3. The number of hydrogen-bond acceptors (Lipinski definition) is 6. The summed E-state index contributed by atoms with van der Waals surface area (Å²) in [5, 5.41) is 8.28. The first kappa shape index (κ1) is 17.2. The molecule has 2 heterocycles. The molecule has 0 saturated heterocycles. The Kier molecular flexibility index (Phi) is 5.18. The summed E-state index contributed by atoms with van der Waals surface area (Å²) in [5.74, 6) is 1.02. The number of fused-ring (bicyclic) bond motifs is 1. The van der Waals surface area contributed by atoms with Crippen molar-refractivity contribution in [3.63, 3.8) is 0 Å². The number of para-hydroxylation sites is 2. The summed E-state index contributed by atoms with van der Waals surface area (Å²) in [7, 11) is 5.04. The molecule has 1 aliphatic rings. The first-order chi connectivity index (χ1) is 12.2. The first-order valence-electron chi connectivity index (χ1n) is 8.08. The van der Waals surface area contributed by atoms with Gasteiger partial charge in [-0.2, -0.15) is 0 Å². The van der Waals surface area contributed by atoms with Crippen molar-refractivity contribution in [2.75, 3.05) is 34.0 Å². The van der Waals surface area contributed by atoms with E-state index in [-0.39, 0.29) is 18.6 Å². The molecular formula is C17H22N4O4. The van der Waals surface area contributed by atoms with Gasteiger partial charge in [0.2, 0.25) is 0 Å². The summed E-state index contributed by atoms with van der Waals surface area (Å²) >= 11 is 0. The predicted octanol–water partition coefficient (Wildman–Crippen LogP) is 0.975. The Labute approximate surface area is 146 Å². The van der Waals surface area contributed by atoms with Crippen LogP contribution in [0.5, 0.6) is 11.5 Å². The Morgan fingerprint density at radius 3 is 2.76 bits per heavy atom. The quantitative estimate of drug-likeness (QED) is 0.776. The van der Waals surface area contributed by atoms with Crippen LogP contribution in [0.1, 0.15) is 17.4 Å². The summed E-state index contributed by atoms with van der Waals surface area (Å²) in [6.45, 7) is 0.874. The highest BCUT2D eigenvalue weighted by Crippen LogP contribution is 2.29. The Morgan fingerprint density at radius 2 is 2.04 bits per heavy atom. The van der Waals surface area contributed by atoms with E-state index in [0.717, 1.165) is 11.4 Å². The zero-order chi connectivity index (χ0) is 17.8. The van der Waals surface area contributed by atoms with Crippen LogP contribution in [0.25, 0.3) is 0 Å². The molecular weight excluding hydrogens is 324 g/mol. The topological polar surface area (TPSA) is 78.7 Å². The minimum Gasteiger partial charge on any atom is -0.493 e. The standard InChI is InChI=1S/C17H22N4O4/c1-20-12-8-9-21(13(10-23-2)17(12)18-19-20)16(22)11-25-15-7-5-4-6-14(15)24-3/h4-7,13H,8-11H2,1-3H3/t13-/m1/s1. The highest BCUT2D eigenvalue weighted by molar-refractivity contribution is 5.78. The van der Waals surface area contributed by atoms with Gasteiger partial charge in [0, 0.05) is 27.1 Å². The lowest BCUT2D eigenvalue weighted by Crippen LogP contribution is -2.44. The van der Waals surface area contributed by atoms with Crippen molar-refractivity contribution in [1.82, 2.24) is 19.9 Å². The molecule has 0 spiro atoms. The van der Waals surface area contributed by atoms with E-state index in [1.54, 1.807) is 35.9 Å². The first-order valence-corrected chi connectivity index (χ1v) is 8.08. The molecule has 0 fully saturated rings. The molecule has 0 bridgehead atoms. The lowest BCUT2D eigenvalue weighted by molar-refractivity contribution is -0.137. The van der Waals surface area contributed by atoms with E-state index in [1.165, 1.54) is 0 Å². The van der Waals surface area contributed by atoms with Gasteiger partial charge in [0.15, 0.2) is 18.1 Å². The smallest absolute Gasteiger partial charge is 0.261 e. The van der Waals surface area contributed by atoms with Crippen LogP contribution < -0.4 is 9.47 Å². The van der Waals surface area contributed by atoms with Gasteiger partial charge in [0.25, 0.3) is 5.91 Å². The molecule has 1 amide bonds. The summed E-state index contributed by atoms with van der Waals surface area (Å²) < 4.78 is 18.0. The molecule has 0 radical (unpaired) electrons. The Balaban J connectivity index is 1.72. The van der Waals surface area contributed by atoms with Gasteiger partial charge < -0.3 is 19.1 Å². The molecule has 1 aliphatic heterocycles. The second kappa shape index (κ2) is 7.52. The fourth-order valence-electron chi connectivity index (χ4n) is 3.06. The molecule has 0 unspecified atom stereocenters. The molecule has 0 N–H and O–H groups in total. The van der Waals surface area contributed by atoms with Crippen LogP contribution in [0.15, 0.2) is 24.3 Å². The third-order valence-electron chi connectivity index (χ3n) is 4.32. The summed E-state index contributed by atoms with van der Waals surface area (Å²) in [4.78, 5) is 14.5. The van der Waals surface area contributed by atoms with E-state index in [1.807, 2.05) is 19.2 Å². The van der Waals surface area contributed by atoms with Crippen molar-refractivity contribution in [1.29, 1.82) is 0 Å². The third-order valence-corrected chi connectivity index (χ3v) is 4.32. The maximum absolute atomic E-state index is 12.7. The zero-order valence-electron chi connectivity index (χ0n) is 14.6. The number of carbonyl (C=O) groups excluding carboxylic acids is 1. The maximum Gasteiger partial charge on any atom is 0.261 e. The van der Waals surface area contributed by atoms with Crippen LogP contribution in [0.2, 0.25) is 0 Å². The molecule has 2 aromatic rings. The fourth-order valence-corrected chi connectivity index (χ4v) is 3.06. The highest BCUT2D eigenvalue weighted by atomic mass is 16.5. The lowest BCUT2D eigenvalue weighted by atomic mass is 10.0. The van der Waals surface area contributed by atoms with Crippen molar-refractivity contribution in [3.8, 4) is 11.5 Å². The number of benzene rings is 1. The van der Waals surface area contributed by atoms with Gasteiger partial charge in [0.1, 0.15) is 11.7 Å². The van der Waals surface area contributed by atoms with Crippen molar-refractivity contribution >= 4 is 5.91 Å². The lowest BCUT2D eigenvalue weighted by Gasteiger charge is -2.34. The van der Waals surface area contributed by atoms with Gasteiger partial charge >= 0.3 is 0 Å². The second-order valence-corrected chi connectivity index (χ2v) is 5.79. The molecule has 1 aromatic carbocycles. The van der Waals surface area contributed by atoms with E-state index < -0.39 is 0 Å². The van der Waals surface area contributed by atoms with E-state index >= 15 is 0 Å². The monoisotopic (exact) mass is 346 g/mol. The molecule has 1 aromatic heterocycles. The Bertz CT molecular complexity index is 746. The molecule has 134 valence electrons. The average Bonchev–Trinajstić information content (AvgIpc) is 3.02. The maximum atomic E-state index is 12.7. The highest BCUT2D eigenvalue weighted by Gasteiger charge is 2.34. The van der Waals surface area contributed by atoms with Crippen molar-refractivity contribution in [3.05, 3.63) is 35.7 Å². The fraction of sp³-hybridized carbons (Fsp3) is 0.471. The van der Waals surface area contributed by atoms with Crippen molar-refractivity contribution in [2.24, 2.45) is 7.05 Å². The molecule has 8 heteroatoms. The molecule has 1 atom stereocenters. The van der Waals surface area contributed by atoms with E-state index in [0.29, 0.717) is 31.1 Å². The second-order valence-electron chi connectivity index (χ2n) is 5.79. The number of aryl methyl sites for hydroxylation is 1. The Morgan fingerprint density at radius 1 is 1.28 bits per heavy atom. The van der Waals surface area contributed by atoms with E-state index in [9.17, 15) is 4.79 Å².